The number of nitrogens with zero attached hydrogens (tertiary/aromatic N) is 4. The van der Waals surface area contributed by atoms with Crippen LogP contribution < -0.4 is 18.3 Å². The highest BCUT2D eigenvalue weighted by atomic mass is 32.1. The summed E-state index contributed by atoms with van der Waals surface area (Å²) in [6, 6.07) is 60.8. The molecule has 5 nitrogen and oxygen atoms in total. The summed E-state index contributed by atoms with van der Waals surface area (Å²) in [5, 5.41) is 16.1. The van der Waals surface area contributed by atoms with Crippen LogP contribution in [0.5, 0.6) is 0 Å². The standard InChI is InChI=1S/C29H34N.C28H36N.C27H32NO.C27H32NS/c1-18(2)28(19(3)4)24-12-13-26-25(16-24)15-21(6)30(7)29(26)27-17-23-11-9-8-10-22(23)14-20(27)5;1-16(2)24(17(3)4)21-14-20-13-19(6)29(9)27-25-18(5)11-10-12-22(25)28(7,8)23(15-21)26(20)27;2*1-16(2)26(17(3)4)21-8-9-23-22(14-21)13-19(6)28(7)27(23)24-15-25-20(10-11-29-25)12-18(24)5/h8-19,28H,1-7H3;10-17,24H,1-9H3;2*8-17,26H,1-7H3/q4*+1/i15D;3*13D. The average Bonchev–Trinajstić information content (AvgIpc) is 0.986. The molecule has 9 aromatic carbocycles. The molecule has 0 spiro atoms. The summed E-state index contributed by atoms with van der Waals surface area (Å²) in [7, 11) is 8.38. The predicted octanol–water partition coefficient (Wildman–Crippen LogP) is 29.1. The smallest absolute Gasteiger partial charge is 0.221 e. The normalized spacial score (nSPS) is 13.3. The van der Waals surface area contributed by atoms with Crippen molar-refractivity contribution in [3.63, 3.8) is 0 Å². The van der Waals surface area contributed by atoms with Gasteiger partial charge in [-0.05, 0) is 258 Å². The molecule has 6 heteroatoms. The molecule has 0 bridgehead atoms. The summed E-state index contributed by atoms with van der Waals surface area (Å²) in [4.78, 5) is 0. The van der Waals surface area contributed by atoms with Crippen LogP contribution in [0.3, 0.4) is 0 Å². The minimum absolute atomic E-state index is 0.101. The zero-order valence-electron chi connectivity index (χ0n) is 80.2. The first-order chi connectivity index (χ1) is 57.1. The SMILES string of the molecule is [2H]c1c(C)[n+](C)c(-c2cc3ccccc3cc2C)c2ccc(C(C(C)C)C(C)C)cc12.[2H]c1c(C)[n+](C)c(-c2cc3occc3cc2C)c2ccc(C(C(C)C)C(C)C)cc12.[2H]c1c(C)[n+](C)c(-c2cc3sccc3cc2C)c2ccc(C(C(C)C)C(C)C)cc12.[2H]c1c(C)[n+](C)c2c3c(cc(C(C(C)C)C(C)C)cc13)C(C)(C)c1cccc(C)c1-2. The van der Waals surface area contributed by atoms with Crippen LogP contribution in [0, 0.1) is 103 Å². The zero-order valence-corrected chi connectivity index (χ0v) is 77.0. The zero-order chi connectivity index (χ0) is 88.0. The van der Waals surface area contributed by atoms with Crippen LogP contribution >= 0.6 is 11.3 Å². The molecule has 6 aromatic heterocycles. The van der Waals surface area contributed by atoms with Crippen molar-refractivity contribution < 1.29 is 28.2 Å². The van der Waals surface area contributed by atoms with E-state index in [1.165, 1.54) is 121 Å². The molecule has 1 aliphatic carbocycles. The molecule has 0 radical (unpaired) electrons. The van der Waals surface area contributed by atoms with Gasteiger partial charge in [0.2, 0.25) is 22.8 Å². The van der Waals surface area contributed by atoms with Gasteiger partial charge in [0.05, 0.1) is 55.5 Å². The number of rotatable bonds is 15. The van der Waals surface area contributed by atoms with Crippen molar-refractivity contribution >= 4 is 86.3 Å². The number of hydrogen-bond donors (Lipinski definition) is 0. The Bertz CT molecular complexity index is 6290. The largest absolute Gasteiger partial charge is 0.464 e. The van der Waals surface area contributed by atoms with Gasteiger partial charge in [0, 0.05) is 67.4 Å². The summed E-state index contributed by atoms with van der Waals surface area (Å²) in [5.74, 6) is 6.45. The lowest BCUT2D eigenvalue weighted by Gasteiger charge is -2.36. The molecule has 1 aliphatic rings. The summed E-state index contributed by atoms with van der Waals surface area (Å²) < 4.78 is 51.5. The number of aromatic nitrogens is 4. The van der Waals surface area contributed by atoms with Gasteiger partial charge < -0.3 is 4.42 Å². The fraction of sp³-hybridized carbons (Fsp3) is 0.387. The second-order valence-corrected chi connectivity index (χ2v) is 38.8. The monoisotopic (exact) mass is 1580 g/mol. The van der Waals surface area contributed by atoms with Gasteiger partial charge >= 0.3 is 0 Å². The van der Waals surface area contributed by atoms with Crippen molar-refractivity contribution in [3.05, 3.63) is 272 Å². The molecule has 15 aromatic rings. The molecular weight excluding hydrogens is 1440 g/mol. The van der Waals surface area contributed by atoms with E-state index in [1.807, 2.05) is 13.0 Å². The molecule has 16 rings (SSSR count). The van der Waals surface area contributed by atoms with Crippen LogP contribution in [0.2, 0.25) is 0 Å². The Labute approximate surface area is 711 Å². The molecule has 0 aliphatic heterocycles. The maximum absolute atomic E-state index is 9.02. The van der Waals surface area contributed by atoms with E-state index in [4.69, 9.17) is 9.90 Å². The quantitative estimate of drug-likeness (QED) is 0.0941. The van der Waals surface area contributed by atoms with Gasteiger partial charge in [-0.2, -0.15) is 18.3 Å². The molecule has 0 fully saturated rings. The van der Waals surface area contributed by atoms with Gasteiger partial charge in [0.25, 0.3) is 0 Å². The van der Waals surface area contributed by atoms with E-state index in [0.717, 1.165) is 77.3 Å². The lowest BCUT2D eigenvalue weighted by molar-refractivity contribution is -0.665. The minimum atomic E-state index is -0.101. The maximum Gasteiger partial charge on any atom is 0.221 e. The molecule has 6 heterocycles. The van der Waals surface area contributed by atoms with Gasteiger partial charge in [-0.15, -0.1) is 11.3 Å². The molecule has 0 saturated heterocycles. The van der Waals surface area contributed by atoms with Gasteiger partial charge in [-0.1, -0.05) is 222 Å². The Hall–Kier alpha value is -9.62. The Morgan fingerprint density at radius 1 is 0.325 bits per heavy atom. The molecule has 0 atom stereocenters. The van der Waals surface area contributed by atoms with Crippen LogP contribution in [-0.4, -0.2) is 0 Å². The maximum atomic E-state index is 9.02. The third-order valence-corrected chi connectivity index (χ3v) is 27.4. The lowest BCUT2D eigenvalue weighted by Crippen LogP contribution is -2.38. The summed E-state index contributed by atoms with van der Waals surface area (Å²) in [5.41, 5.74) is 27.9. The lowest BCUT2D eigenvalue weighted by atomic mass is 9.67. The third-order valence-electron chi connectivity index (χ3n) is 26.5. The van der Waals surface area contributed by atoms with E-state index in [2.05, 4.69) is 377 Å². The highest BCUT2D eigenvalue weighted by Gasteiger charge is 2.40. The van der Waals surface area contributed by atoms with Crippen molar-refractivity contribution in [3.8, 4) is 45.0 Å². The van der Waals surface area contributed by atoms with E-state index in [-0.39, 0.29) is 5.41 Å². The molecule has 0 saturated carbocycles. The van der Waals surface area contributed by atoms with Crippen molar-refractivity contribution in [2.24, 2.45) is 75.5 Å². The van der Waals surface area contributed by atoms with E-state index in [9.17, 15) is 0 Å². The van der Waals surface area contributed by atoms with Gasteiger partial charge in [0.1, 0.15) is 33.8 Å². The summed E-state index contributed by atoms with van der Waals surface area (Å²) in [6.45, 7) is 58.6. The second kappa shape index (κ2) is 34.0. The van der Waals surface area contributed by atoms with E-state index in [0.29, 0.717) is 95.2 Å². The highest BCUT2D eigenvalue weighted by Crippen LogP contribution is 2.51. The Kier molecular flexibility index (Phi) is 23.2. The Morgan fingerprint density at radius 2 is 0.701 bits per heavy atom. The first-order valence-corrected chi connectivity index (χ1v) is 44.3. The van der Waals surface area contributed by atoms with Crippen LogP contribution in [0.4, 0.5) is 0 Å². The van der Waals surface area contributed by atoms with Gasteiger partial charge in [0.15, 0.2) is 22.8 Å². The third kappa shape index (κ3) is 16.3. The molecule has 0 unspecified atom stereocenters. The molecule has 606 valence electrons. The second-order valence-electron chi connectivity index (χ2n) is 37.8. The molecule has 0 amide bonds. The molecule has 117 heavy (non-hydrogen) atoms. The Morgan fingerprint density at radius 3 is 1.15 bits per heavy atom. The summed E-state index contributed by atoms with van der Waals surface area (Å²) in [6.07, 6.45) is 1.74. The number of fused-ring (bicyclic) bond motifs is 8. The van der Waals surface area contributed by atoms with Crippen molar-refractivity contribution in [2.45, 2.75) is 209 Å². The average molecular weight is 1580 g/mol. The first kappa shape index (κ1) is 79.8. The van der Waals surface area contributed by atoms with Crippen molar-refractivity contribution in [1.82, 2.24) is 0 Å². The fourth-order valence-electron chi connectivity index (χ4n) is 20.9. The van der Waals surface area contributed by atoms with Crippen molar-refractivity contribution in [2.75, 3.05) is 0 Å². The van der Waals surface area contributed by atoms with Crippen LogP contribution in [-0.2, 0) is 33.6 Å². The van der Waals surface area contributed by atoms with Crippen LogP contribution in [0.25, 0.3) is 120 Å². The van der Waals surface area contributed by atoms with Crippen LogP contribution in [0.1, 0.15) is 232 Å². The van der Waals surface area contributed by atoms with Gasteiger partial charge in [-0.3, -0.25) is 0 Å². The fourth-order valence-corrected chi connectivity index (χ4v) is 21.7. The Balaban J connectivity index is 0.000000139. The summed E-state index contributed by atoms with van der Waals surface area (Å²) >= 11 is 1.79. The number of thiophene rings is 1. The van der Waals surface area contributed by atoms with E-state index < -0.39 is 0 Å². The molecular formula is C111H134N4OS+4. The number of hydrogen-bond acceptors (Lipinski definition) is 2. The molecule has 0 N–H and O–H groups in total. The number of aryl methyl sites for hydroxylation is 4. The number of furan rings is 1. The van der Waals surface area contributed by atoms with E-state index in [1.54, 1.807) is 17.6 Å². The topological polar surface area (TPSA) is 28.7 Å². The van der Waals surface area contributed by atoms with Gasteiger partial charge in [-0.25, -0.2) is 0 Å². The predicted molar refractivity (Wildman–Crippen MR) is 505 cm³/mol. The number of benzene rings is 9. The van der Waals surface area contributed by atoms with Crippen LogP contribution in [0.15, 0.2) is 198 Å². The van der Waals surface area contributed by atoms with E-state index >= 15 is 0 Å². The van der Waals surface area contributed by atoms with Crippen molar-refractivity contribution in [1.29, 1.82) is 0 Å². The number of pyridine rings is 4. The minimum Gasteiger partial charge on any atom is -0.464 e. The highest BCUT2D eigenvalue weighted by molar-refractivity contribution is 7.17. The first-order valence-electron chi connectivity index (χ1n) is 45.4.